The largest absolute Gasteiger partial charge is 1.00 e. The number of halogens is 4. The van der Waals surface area contributed by atoms with Crippen LogP contribution in [0.1, 0.15) is 53.3 Å². The summed E-state index contributed by atoms with van der Waals surface area (Å²) in [7, 11) is 5.01. The topological polar surface area (TPSA) is 175 Å². The summed E-state index contributed by atoms with van der Waals surface area (Å²) in [5, 5.41) is 30.9. The molecule has 0 aliphatic heterocycles. The highest BCUT2D eigenvalue weighted by Gasteiger charge is 2.43. The third-order valence-corrected chi connectivity index (χ3v) is 10.8. The van der Waals surface area contributed by atoms with Gasteiger partial charge in [-0.2, -0.15) is 9.83 Å². The number of esters is 1. The quantitative estimate of drug-likeness (QED) is 0.0826. The number of hydrogen-bond acceptors (Lipinski definition) is 13. The summed E-state index contributed by atoms with van der Waals surface area (Å²) in [6.07, 6.45) is 4.43. The van der Waals surface area contributed by atoms with Crippen LogP contribution in [0.15, 0.2) is 97.2 Å². The van der Waals surface area contributed by atoms with E-state index in [0.717, 1.165) is 23.8 Å². The highest BCUT2D eigenvalue weighted by molar-refractivity contribution is 7.10. The molecule has 0 aliphatic rings. The lowest BCUT2D eigenvalue weighted by atomic mass is 9.82. The van der Waals surface area contributed by atoms with Crippen LogP contribution >= 0.6 is 23.7 Å². The Kier molecular flexibility index (Phi) is 17.3. The molecule has 62 heavy (non-hydrogen) atoms. The average molecular weight is 1000 g/mol. The van der Waals surface area contributed by atoms with Gasteiger partial charge in [-0.25, -0.2) is 28.5 Å². The zero-order valence-corrected chi connectivity index (χ0v) is 38.1. The molecule has 4 heterocycles. The molecular weight excluding hydrogens is 957 g/mol. The minimum absolute atomic E-state index is 0. The van der Waals surface area contributed by atoms with Crippen molar-refractivity contribution in [1.29, 1.82) is 5.26 Å². The third kappa shape index (κ3) is 11.4. The molecule has 15 nitrogen and oxygen atoms in total. The molecule has 4 aromatic heterocycles. The molecule has 2 aromatic carbocycles. The second-order valence-electron chi connectivity index (χ2n) is 14.0. The number of nitrogens with one attached hydrogen (secondary N) is 1. The molecule has 0 spiro atoms. The summed E-state index contributed by atoms with van der Waals surface area (Å²) >= 11 is 1.25. The van der Waals surface area contributed by atoms with Gasteiger partial charge in [0.15, 0.2) is 0 Å². The number of likely N-dealkylation sites (N-methyl/N-ethyl adjacent to an activating group) is 1. The maximum atomic E-state index is 15.5. The predicted octanol–water partition coefficient (Wildman–Crippen LogP) is 3.04. The van der Waals surface area contributed by atoms with Gasteiger partial charge in [0, 0.05) is 78.6 Å². The van der Waals surface area contributed by atoms with Gasteiger partial charge in [-0.05, 0) is 49.5 Å². The van der Waals surface area contributed by atoms with Crippen LogP contribution in [0.2, 0.25) is 0 Å². The van der Waals surface area contributed by atoms with Gasteiger partial charge in [-0.15, -0.1) is 28.4 Å². The summed E-state index contributed by atoms with van der Waals surface area (Å²) in [4.78, 5) is 42.3. The van der Waals surface area contributed by atoms with E-state index in [0.29, 0.717) is 39.0 Å². The fraction of sp³-hybridized carbons (Fsp3) is 0.286. The van der Waals surface area contributed by atoms with Crippen molar-refractivity contribution < 1.29 is 61.5 Å². The smallest absolute Gasteiger partial charge is 0.418 e. The Labute approximate surface area is 384 Å². The summed E-state index contributed by atoms with van der Waals surface area (Å²) in [5.41, 5.74) is 0.880. The van der Waals surface area contributed by atoms with Gasteiger partial charge in [0.1, 0.15) is 42.0 Å². The van der Waals surface area contributed by atoms with Crippen LogP contribution in [0.3, 0.4) is 0 Å². The second-order valence-corrected chi connectivity index (χ2v) is 14.9. The maximum absolute atomic E-state index is 15.5. The van der Waals surface area contributed by atoms with Crippen LogP contribution in [-0.4, -0.2) is 69.6 Å². The number of aromatic nitrogens is 6. The van der Waals surface area contributed by atoms with Crippen LogP contribution in [0.4, 0.5) is 25.2 Å². The van der Waals surface area contributed by atoms with Crippen molar-refractivity contribution in [2.45, 2.75) is 51.3 Å². The number of carbonyl (C=O) groups is 2. The molecule has 0 saturated heterocycles. The van der Waals surface area contributed by atoms with Crippen molar-refractivity contribution in [1.82, 2.24) is 30.0 Å². The molecular formula is C42H44ClF2IN10O5S. The number of benzene rings is 2. The molecule has 0 aliphatic carbocycles. The number of carbonyl (C=O) groups excluding carboxylic acids is 2. The number of nitriles is 1. The molecule has 0 saturated carbocycles. The van der Waals surface area contributed by atoms with E-state index < -0.39 is 41.4 Å². The molecule has 0 radical (unpaired) electrons. The molecule has 3 atom stereocenters. The lowest BCUT2D eigenvalue weighted by molar-refractivity contribution is -0.753. The fourth-order valence-corrected chi connectivity index (χ4v) is 7.45. The van der Waals surface area contributed by atoms with E-state index in [2.05, 4.69) is 26.5 Å². The van der Waals surface area contributed by atoms with Crippen molar-refractivity contribution in [2.24, 2.45) is 0 Å². The zero-order valence-electron chi connectivity index (χ0n) is 34.3. The van der Waals surface area contributed by atoms with Crippen LogP contribution in [0.25, 0.3) is 11.3 Å². The van der Waals surface area contributed by atoms with E-state index in [4.69, 9.17) is 14.5 Å². The third-order valence-electron chi connectivity index (χ3n) is 9.81. The first kappa shape index (κ1) is 49.0. The van der Waals surface area contributed by atoms with Gasteiger partial charge < -0.3 is 48.8 Å². The number of pyridine rings is 2. The average Bonchev–Trinajstić information content (AvgIpc) is 3.94. The summed E-state index contributed by atoms with van der Waals surface area (Å²) in [5.74, 6) is -1.89. The van der Waals surface area contributed by atoms with Gasteiger partial charge in [-0.3, -0.25) is 9.69 Å². The maximum Gasteiger partial charge on any atom is 0.418 e. The van der Waals surface area contributed by atoms with Gasteiger partial charge in [0.2, 0.25) is 12.6 Å². The Bertz CT molecular complexity index is 2510. The Morgan fingerprint density at radius 1 is 1.05 bits per heavy atom. The number of aliphatic hydroxyl groups is 1. The summed E-state index contributed by atoms with van der Waals surface area (Å²) in [6, 6.07) is 19.0. The van der Waals surface area contributed by atoms with Crippen LogP contribution in [-0.2, 0) is 39.6 Å². The molecule has 6 rings (SSSR count). The number of thiazole rings is 1. The Morgan fingerprint density at radius 3 is 2.44 bits per heavy atom. The van der Waals surface area contributed by atoms with E-state index in [1.165, 1.54) is 45.2 Å². The van der Waals surface area contributed by atoms with E-state index in [9.17, 15) is 24.3 Å². The first-order chi connectivity index (χ1) is 28.8. The number of anilines is 2. The zero-order chi connectivity index (χ0) is 43.0. The number of rotatable bonds is 16. The first-order valence-corrected chi connectivity index (χ1v) is 19.6. The van der Waals surface area contributed by atoms with Gasteiger partial charge in [0.05, 0.1) is 28.9 Å². The van der Waals surface area contributed by atoms with Crippen molar-refractivity contribution >= 4 is 47.4 Å². The van der Waals surface area contributed by atoms with Crippen molar-refractivity contribution in [3.8, 4) is 17.3 Å². The minimum atomic E-state index is -2.05. The lowest BCUT2D eigenvalue weighted by Crippen LogP contribution is -3.00. The predicted molar refractivity (Wildman–Crippen MR) is 225 cm³/mol. The van der Waals surface area contributed by atoms with Gasteiger partial charge in [-0.1, -0.05) is 31.2 Å². The highest BCUT2D eigenvalue weighted by Crippen LogP contribution is 2.41. The van der Waals surface area contributed by atoms with E-state index >= 15 is 4.39 Å². The van der Waals surface area contributed by atoms with Gasteiger partial charge in [0.25, 0.3) is 6.33 Å². The van der Waals surface area contributed by atoms with Crippen molar-refractivity contribution in [2.75, 3.05) is 37.5 Å². The summed E-state index contributed by atoms with van der Waals surface area (Å²) in [6.45, 7) is 3.36. The van der Waals surface area contributed by atoms with Crippen molar-refractivity contribution in [3.05, 3.63) is 136 Å². The molecule has 1 unspecified atom stereocenters. The van der Waals surface area contributed by atoms with Crippen LogP contribution in [0, 0.1) is 23.0 Å². The first-order valence-electron chi connectivity index (χ1n) is 18.7. The van der Waals surface area contributed by atoms with E-state index in [1.54, 1.807) is 75.1 Å². The number of nitrogens with zero attached hydrogens (tertiary/aromatic N) is 9. The lowest BCUT2D eigenvalue weighted by Gasteiger charge is -2.32. The SMILES string of the molecule is CNCC(=O)OCc1cccnc1N(C)Cc1cccnc1N(C)C(=O)OC(C)[n+]1cnn(C[C@](O)(c2cc(F)ccc2F)[C@@H](C)c2nc(-c3ccc(C#N)cc3)cs2)c1.Cl.[I-]. The summed E-state index contributed by atoms with van der Waals surface area (Å²) < 4.78 is 44.1. The monoisotopic (exact) mass is 1000 g/mol. The molecule has 326 valence electrons. The van der Waals surface area contributed by atoms with Crippen LogP contribution in [0.5, 0.6) is 0 Å². The van der Waals surface area contributed by atoms with Crippen LogP contribution < -0.4 is 43.7 Å². The second kappa shape index (κ2) is 21.9. The van der Waals surface area contributed by atoms with E-state index in [1.807, 2.05) is 24.1 Å². The number of hydrogen-bond donors (Lipinski definition) is 2. The molecule has 6 aromatic rings. The Hall–Kier alpha value is -5.66. The number of ether oxygens (including phenoxy) is 2. The molecule has 0 fully saturated rings. The highest BCUT2D eigenvalue weighted by atomic mass is 127. The molecule has 2 N–H and O–H groups in total. The Morgan fingerprint density at radius 2 is 1.74 bits per heavy atom. The molecule has 0 bridgehead atoms. The molecule has 1 amide bonds. The van der Waals surface area contributed by atoms with Crippen molar-refractivity contribution in [3.63, 3.8) is 0 Å². The fourth-order valence-electron chi connectivity index (χ4n) is 6.48. The number of amides is 1. The molecule has 20 heteroatoms. The standard InChI is InChI=1S/C42H43F2N10O5S.ClH.HI/c1-27(40-50-36(23-60-40)30-12-10-29(19-45)11-13-30)42(57,34-18-33(43)14-15-35(34)44)24-54-26-53(25-49-54)28(2)59-41(56)52(5)39-31(8-6-17-48-39)21-51(4)38-32(9-7-16-47-38)22-58-37(55)20-46-3;;/h6-18,23,25-28,46,57H,20-22,24H2,1-5H3;2*1H/q+1;;/p-1/t27-,28?,42+;;/m0../s1. The normalized spacial score (nSPS) is 12.7. The van der Waals surface area contributed by atoms with Gasteiger partial charge >= 0.3 is 12.1 Å². The Balaban J connectivity index is 0.00000422. The van der Waals surface area contributed by atoms with E-state index in [-0.39, 0.29) is 68.2 Å². The minimum Gasteiger partial charge on any atom is -1.00 e.